The maximum absolute atomic E-state index is 9.35. The molecule has 0 bridgehead atoms. The second-order valence-corrected chi connectivity index (χ2v) is 5.64. The second kappa shape index (κ2) is 3.94. The van der Waals surface area contributed by atoms with Crippen molar-refractivity contribution in [1.29, 1.82) is 0 Å². The van der Waals surface area contributed by atoms with Crippen molar-refractivity contribution in [3.63, 3.8) is 0 Å². The number of rotatable bonds is 0. The van der Waals surface area contributed by atoms with E-state index in [1.807, 2.05) is 0 Å². The molecule has 62 valence electrons. The molecule has 0 saturated carbocycles. The van der Waals surface area contributed by atoms with E-state index in [0.29, 0.717) is 12.2 Å². The largest absolute Gasteiger partial charge is 0.511 e. The van der Waals surface area contributed by atoms with Gasteiger partial charge >= 0.3 is 0 Å². The summed E-state index contributed by atoms with van der Waals surface area (Å²) in [5.74, 6) is 0.363. The first-order valence-electron chi connectivity index (χ1n) is 2.81. The average molecular weight is 412 g/mol. The van der Waals surface area contributed by atoms with Crippen LogP contribution in [0.25, 0.3) is 0 Å². The standard InChI is InChI=1S/C6H4Br4O/c7-2-1-3(11)5(9)6(10)4(2)8/h2,11H,1H2. The van der Waals surface area contributed by atoms with E-state index in [4.69, 9.17) is 0 Å². The van der Waals surface area contributed by atoms with Crippen molar-refractivity contribution < 1.29 is 5.11 Å². The Morgan fingerprint density at radius 1 is 1.18 bits per heavy atom. The zero-order valence-corrected chi connectivity index (χ0v) is 11.6. The third-order valence-corrected chi connectivity index (χ3v) is 6.39. The average Bonchev–Trinajstić information content (AvgIpc) is 1.97. The van der Waals surface area contributed by atoms with Crippen LogP contribution in [0.2, 0.25) is 0 Å². The normalized spacial score (nSPS) is 26.4. The molecule has 0 aromatic heterocycles. The molecule has 0 amide bonds. The quantitative estimate of drug-likeness (QED) is 0.589. The minimum atomic E-state index is 0.165. The summed E-state index contributed by atoms with van der Waals surface area (Å²) in [5.41, 5.74) is 0. The van der Waals surface area contributed by atoms with Crippen molar-refractivity contribution >= 4 is 63.7 Å². The number of alkyl halides is 1. The Bertz CT molecular complexity index is 243. The summed E-state index contributed by atoms with van der Waals surface area (Å²) in [6.07, 6.45) is 0.607. The molecule has 0 radical (unpaired) electrons. The molecule has 0 saturated heterocycles. The van der Waals surface area contributed by atoms with Gasteiger partial charge in [0.05, 0.1) is 9.31 Å². The monoisotopic (exact) mass is 408 g/mol. The first kappa shape index (κ1) is 10.3. The smallest absolute Gasteiger partial charge is 0.109 e. The third-order valence-electron chi connectivity index (χ3n) is 1.30. The zero-order chi connectivity index (χ0) is 8.59. The van der Waals surface area contributed by atoms with Crippen molar-refractivity contribution in [3.05, 3.63) is 19.2 Å². The van der Waals surface area contributed by atoms with E-state index in [1.165, 1.54) is 0 Å². The van der Waals surface area contributed by atoms with Gasteiger partial charge in [-0.25, -0.2) is 0 Å². The van der Waals surface area contributed by atoms with Crippen molar-refractivity contribution in [3.8, 4) is 0 Å². The molecule has 11 heavy (non-hydrogen) atoms. The van der Waals surface area contributed by atoms with Gasteiger partial charge in [-0.1, -0.05) is 31.9 Å². The van der Waals surface area contributed by atoms with Gasteiger partial charge in [-0.15, -0.1) is 0 Å². The Hall–Kier alpha value is 1.20. The summed E-state index contributed by atoms with van der Waals surface area (Å²) in [6.45, 7) is 0. The highest BCUT2D eigenvalue weighted by Gasteiger charge is 2.23. The van der Waals surface area contributed by atoms with E-state index in [1.54, 1.807) is 0 Å². The van der Waals surface area contributed by atoms with Gasteiger partial charge in [0.25, 0.3) is 0 Å². The molecular weight excluding hydrogens is 408 g/mol. The highest BCUT2D eigenvalue weighted by molar-refractivity contribution is 9.16. The van der Waals surface area contributed by atoms with Crippen LogP contribution in [0.1, 0.15) is 6.42 Å². The van der Waals surface area contributed by atoms with E-state index in [9.17, 15) is 5.11 Å². The van der Waals surface area contributed by atoms with Gasteiger partial charge in [-0.05, 0) is 31.9 Å². The zero-order valence-electron chi connectivity index (χ0n) is 5.24. The van der Waals surface area contributed by atoms with Crippen LogP contribution in [0, 0.1) is 0 Å². The minimum absolute atomic E-state index is 0.165. The van der Waals surface area contributed by atoms with E-state index < -0.39 is 0 Å². The predicted octanol–water partition coefficient (Wildman–Crippen LogP) is 4.32. The highest BCUT2D eigenvalue weighted by atomic mass is 79.9. The molecule has 0 aromatic carbocycles. The summed E-state index contributed by atoms with van der Waals surface area (Å²) in [4.78, 5) is 0.165. The Balaban J connectivity index is 3.07. The van der Waals surface area contributed by atoms with Crippen molar-refractivity contribution in [1.82, 2.24) is 0 Å². The van der Waals surface area contributed by atoms with Crippen LogP contribution in [-0.2, 0) is 0 Å². The van der Waals surface area contributed by atoms with Crippen molar-refractivity contribution in [2.24, 2.45) is 0 Å². The molecule has 0 fully saturated rings. The van der Waals surface area contributed by atoms with Gasteiger partial charge in [0.2, 0.25) is 0 Å². The van der Waals surface area contributed by atoms with Gasteiger partial charge in [0.1, 0.15) is 5.76 Å². The van der Waals surface area contributed by atoms with Crippen LogP contribution in [-0.4, -0.2) is 9.93 Å². The lowest BCUT2D eigenvalue weighted by Crippen LogP contribution is -2.07. The van der Waals surface area contributed by atoms with Crippen LogP contribution in [0.5, 0.6) is 0 Å². The Morgan fingerprint density at radius 3 is 2.27 bits per heavy atom. The lowest BCUT2D eigenvalue weighted by atomic mass is 10.2. The number of aliphatic hydroxyl groups excluding tert-OH is 1. The molecule has 0 aromatic rings. The number of hydrogen-bond acceptors (Lipinski definition) is 1. The van der Waals surface area contributed by atoms with Gasteiger partial charge < -0.3 is 5.11 Å². The molecule has 5 heteroatoms. The molecule has 1 rings (SSSR count). The van der Waals surface area contributed by atoms with Gasteiger partial charge in [0, 0.05) is 15.4 Å². The fraction of sp³-hybridized carbons (Fsp3) is 0.333. The fourth-order valence-corrected chi connectivity index (χ4v) is 3.07. The predicted molar refractivity (Wildman–Crippen MR) is 60.8 cm³/mol. The molecule has 0 spiro atoms. The van der Waals surface area contributed by atoms with E-state index in [2.05, 4.69) is 63.7 Å². The van der Waals surface area contributed by atoms with Gasteiger partial charge in [-0.3, -0.25) is 0 Å². The molecule has 1 nitrogen and oxygen atoms in total. The molecule has 1 unspecified atom stereocenters. The Morgan fingerprint density at radius 2 is 1.73 bits per heavy atom. The third kappa shape index (κ3) is 2.11. The second-order valence-electron chi connectivity index (χ2n) is 2.09. The molecular formula is C6H4Br4O. The maximum atomic E-state index is 9.35. The number of hydrogen-bond donors (Lipinski definition) is 1. The summed E-state index contributed by atoms with van der Waals surface area (Å²) in [7, 11) is 0. The summed E-state index contributed by atoms with van der Waals surface area (Å²) >= 11 is 13.4. The molecule has 0 heterocycles. The molecule has 1 N–H and O–H groups in total. The van der Waals surface area contributed by atoms with Crippen molar-refractivity contribution in [2.45, 2.75) is 11.2 Å². The maximum Gasteiger partial charge on any atom is 0.109 e. The van der Waals surface area contributed by atoms with Crippen molar-refractivity contribution in [2.75, 3.05) is 0 Å². The fourth-order valence-electron chi connectivity index (χ4n) is 0.718. The topological polar surface area (TPSA) is 20.2 Å². The van der Waals surface area contributed by atoms with E-state index >= 15 is 0 Å². The van der Waals surface area contributed by atoms with E-state index in [0.717, 1.165) is 13.4 Å². The van der Waals surface area contributed by atoms with Crippen LogP contribution < -0.4 is 0 Å². The molecule has 0 aliphatic heterocycles. The number of halogens is 4. The number of aliphatic hydroxyl groups is 1. The Kier molecular flexibility index (Phi) is 3.68. The number of allylic oxidation sites excluding steroid dienone is 4. The van der Waals surface area contributed by atoms with Gasteiger partial charge in [0.15, 0.2) is 0 Å². The van der Waals surface area contributed by atoms with Crippen LogP contribution in [0.4, 0.5) is 0 Å². The van der Waals surface area contributed by atoms with Crippen LogP contribution >= 0.6 is 63.7 Å². The van der Waals surface area contributed by atoms with Gasteiger partial charge in [-0.2, -0.15) is 0 Å². The molecule has 1 atom stereocenters. The first-order valence-corrected chi connectivity index (χ1v) is 6.10. The lowest BCUT2D eigenvalue weighted by Gasteiger charge is -2.17. The lowest BCUT2D eigenvalue weighted by molar-refractivity contribution is 0.388. The Labute approximate surface area is 98.4 Å². The first-order chi connectivity index (χ1) is 5.04. The summed E-state index contributed by atoms with van der Waals surface area (Å²) in [6, 6.07) is 0. The summed E-state index contributed by atoms with van der Waals surface area (Å²) in [5, 5.41) is 9.35. The minimum Gasteiger partial charge on any atom is -0.511 e. The molecule has 1 aliphatic carbocycles. The van der Waals surface area contributed by atoms with E-state index in [-0.39, 0.29) is 4.83 Å². The SMILES string of the molecule is OC1=C(Br)C(Br)=C(Br)C(Br)C1. The molecule has 1 aliphatic rings. The van der Waals surface area contributed by atoms with Crippen LogP contribution in [0.3, 0.4) is 0 Å². The van der Waals surface area contributed by atoms with Crippen LogP contribution in [0.15, 0.2) is 19.2 Å². The highest BCUT2D eigenvalue weighted by Crippen LogP contribution is 2.41. The summed E-state index contributed by atoms with van der Waals surface area (Å²) < 4.78 is 2.60.